The van der Waals surface area contributed by atoms with Crippen molar-refractivity contribution in [3.8, 4) is 0 Å². The number of imidazole rings is 1. The lowest BCUT2D eigenvalue weighted by molar-refractivity contribution is 0.809. The summed E-state index contributed by atoms with van der Waals surface area (Å²) < 4.78 is 1.79. The van der Waals surface area contributed by atoms with Crippen molar-refractivity contribution in [2.45, 2.75) is 6.54 Å². The van der Waals surface area contributed by atoms with Gasteiger partial charge in [-0.05, 0) is 17.7 Å². The summed E-state index contributed by atoms with van der Waals surface area (Å²) in [6.45, 7) is 0.482. The average molecular weight is 295 g/mol. The summed E-state index contributed by atoms with van der Waals surface area (Å²) in [5.41, 5.74) is 7.69. The van der Waals surface area contributed by atoms with Gasteiger partial charge in [0.2, 0.25) is 5.28 Å². The van der Waals surface area contributed by atoms with Crippen molar-refractivity contribution in [2.24, 2.45) is 0 Å². The van der Waals surface area contributed by atoms with Gasteiger partial charge in [0.05, 0.1) is 12.9 Å². The van der Waals surface area contributed by atoms with E-state index >= 15 is 0 Å². The average Bonchev–Trinajstić information content (AvgIpc) is 2.76. The van der Waals surface area contributed by atoms with E-state index in [-0.39, 0.29) is 11.1 Å². The Morgan fingerprint density at radius 1 is 1.26 bits per heavy atom. The van der Waals surface area contributed by atoms with Gasteiger partial charge in [0.15, 0.2) is 11.5 Å². The van der Waals surface area contributed by atoms with Crippen LogP contribution in [-0.4, -0.2) is 24.5 Å². The Bertz CT molecular complexity index is 754. The first-order valence-electron chi connectivity index (χ1n) is 5.37. The zero-order chi connectivity index (χ0) is 13.4. The van der Waals surface area contributed by atoms with Gasteiger partial charge in [-0.25, -0.2) is 4.98 Å². The maximum atomic E-state index is 6.10. The van der Waals surface area contributed by atoms with Crippen molar-refractivity contribution < 1.29 is 0 Å². The molecule has 3 rings (SSSR count). The standard InChI is InChI=1S/C11H8Cl2N6/c12-7-1-2-15-3-6(7)4-19-5-16-8-9(14)17-11(13)18-10(8)19/h1-3,5H,4H2,(H2,14,17,18). The van der Waals surface area contributed by atoms with Gasteiger partial charge in [-0.1, -0.05) is 11.6 Å². The van der Waals surface area contributed by atoms with Crippen LogP contribution in [0.5, 0.6) is 0 Å². The molecule has 0 fully saturated rings. The van der Waals surface area contributed by atoms with Crippen LogP contribution in [0.1, 0.15) is 5.56 Å². The molecular formula is C11H8Cl2N6. The number of hydrogen-bond acceptors (Lipinski definition) is 5. The van der Waals surface area contributed by atoms with Gasteiger partial charge in [-0.2, -0.15) is 9.97 Å². The molecule has 0 aliphatic heterocycles. The second-order valence-electron chi connectivity index (χ2n) is 3.89. The highest BCUT2D eigenvalue weighted by Crippen LogP contribution is 2.21. The molecule has 0 aliphatic rings. The lowest BCUT2D eigenvalue weighted by Crippen LogP contribution is -2.02. The van der Waals surface area contributed by atoms with E-state index in [1.807, 2.05) is 0 Å². The third kappa shape index (κ3) is 2.20. The summed E-state index contributed by atoms with van der Waals surface area (Å²) in [6, 6.07) is 1.73. The van der Waals surface area contributed by atoms with Crippen molar-refractivity contribution in [3.63, 3.8) is 0 Å². The van der Waals surface area contributed by atoms with Gasteiger partial charge in [-0.15, -0.1) is 0 Å². The lowest BCUT2D eigenvalue weighted by Gasteiger charge is -2.05. The molecule has 0 unspecified atom stereocenters. The maximum absolute atomic E-state index is 6.10. The highest BCUT2D eigenvalue weighted by atomic mass is 35.5. The molecular weight excluding hydrogens is 287 g/mol. The first-order valence-corrected chi connectivity index (χ1v) is 6.13. The van der Waals surface area contributed by atoms with Crippen LogP contribution < -0.4 is 5.73 Å². The number of rotatable bonds is 2. The molecule has 19 heavy (non-hydrogen) atoms. The van der Waals surface area contributed by atoms with Gasteiger partial charge >= 0.3 is 0 Å². The Hall–Kier alpha value is -1.92. The molecule has 6 nitrogen and oxygen atoms in total. The molecule has 3 heterocycles. The number of halogens is 2. The summed E-state index contributed by atoms with van der Waals surface area (Å²) in [5.74, 6) is 0.256. The third-order valence-electron chi connectivity index (χ3n) is 2.65. The maximum Gasteiger partial charge on any atom is 0.226 e. The Morgan fingerprint density at radius 3 is 2.89 bits per heavy atom. The van der Waals surface area contributed by atoms with Crippen molar-refractivity contribution >= 4 is 40.2 Å². The van der Waals surface area contributed by atoms with Gasteiger partial charge in [0, 0.05) is 23.0 Å². The molecule has 0 saturated carbocycles. The van der Waals surface area contributed by atoms with Crippen LogP contribution in [-0.2, 0) is 6.54 Å². The molecule has 0 aromatic carbocycles. The summed E-state index contributed by atoms with van der Waals surface area (Å²) in [7, 11) is 0. The van der Waals surface area contributed by atoms with Crippen LogP contribution >= 0.6 is 23.2 Å². The molecule has 0 saturated heterocycles. The van der Waals surface area contributed by atoms with Crippen LogP contribution in [0, 0.1) is 0 Å². The summed E-state index contributed by atoms with van der Waals surface area (Å²) in [5, 5.41) is 0.717. The predicted octanol–water partition coefficient (Wildman–Crippen LogP) is 2.16. The third-order valence-corrected chi connectivity index (χ3v) is 3.19. The zero-order valence-electron chi connectivity index (χ0n) is 9.59. The van der Waals surface area contributed by atoms with E-state index in [4.69, 9.17) is 28.9 Å². The summed E-state index contributed by atoms with van der Waals surface area (Å²) >= 11 is 11.9. The fourth-order valence-electron chi connectivity index (χ4n) is 1.76. The highest BCUT2D eigenvalue weighted by molar-refractivity contribution is 6.31. The summed E-state index contributed by atoms with van der Waals surface area (Å²) in [4.78, 5) is 16.2. The fourth-order valence-corrected chi connectivity index (χ4v) is 2.10. The fraction of sp³-hybridized carbons (Fsp3) is 0.0909. The topological polar surface area (TPSA) is 82.5 Å². The zero-order valence-corrected chi connectivity index (χ0v) is 11.1. The SMILES string of the molecule is Nc1nc(Cl)nc2c1ncn2Cc1cnccc1Cl. The molecule has 8 heteroatoms. The minimum atomic E-state index is 0.0871. The second kappa shape index (κ2) is 4.64. The molecule has 0 amide bonds. The number of fused-ring (bicyclic) bond motifs is 1. The first kappa shape index (κ1) is 12.1. The normalized spacial score (nSPS) is 11.1. The Balaban J connectivity index is 2.09. The number of nitrogen functional groups attached to an aromatic ring is 1. The molecule has 0 bridgehead atoms. The van der Waals surface area contributed by atoms with E-state index in [1.165, 1.54) is 0 Å². The number of pyridine rings is 1. The van der Waals surface area contributed by atoms with Gasteiger partial charge in [-0.3, -0.25) is 4.98 Å². The smallest absolute Gasteiger partial charge is 0.226 e. The largest absolute Gasteiger partial charge is 0.382 e. The predicted molar refractivity (Wildman–Crippen MR) is 73.1 cm³/mol. The van der Waals surface area contributed by atoms with Crippen molar-refractivity contribution in [1.82, 2.24) is 24.5 Å². The quantitative estimate of drug-likeness (QED) is 0.732. The number of nitrogens with zero attached hydrogens (tertiary/aromatic N) is 5. The van der Waals surface area contributed by atoms with E-state index < -0.39 is 0 Å². The molecule has 3 aromatic heterocycles. The van der Waals surface area contributed by atoms with Gasteiger partial charge in [0.25, 0.3) is 0 Å². The number of aromatic nitrogens is 5. The van der Waals surface area contributed by atoms with Crippen molar-refractivity contribution in [3.05, 3.63) is 40.7 Å². The Kier molecular flexibility index (Phi) is 2.96. The van der Waals surface area contributed by atoms with Crippen molar-refractivity contribution in [2.75, 3.05) is 5.73 Å². The number of hydrogen-bond donors (Lipinski definition) is 1. The molecule has 2 N–H and O–H groups in total. The molecule has 0 aliphatic carbocycles. The number of nitrogens with two attached hydrogens (primary N) is 1. The van der Waals surface area contributed by atoms with Gasteiger partial charge < -0.3 is 10.3 Å². The van der Waals surface area contributed by atoms with Crippen LogP contribution in [0.15, 0.2) is 24.8 Å². The monoisotopic (exact) mass is 294 g/mol. The molecule has 96 valence electrons. The van der Waals surface area contributed by atoms with Crippen LogP contribution in [0.25, 0.3) is 11.2 Å². The van der Waals surface area contributed by atoms with Crippen LogP contribution in [0.4, 0.5) is 5.82 Å². The minimum Gasteiger partial charge on any atom is -0.382 e. The summed E-state index contributed by atoms with van der Waals surface area (Å²) in [6.07, 6.45) is 4.95. The molecule has 3 aromatic rings. The molecule has 0 atom stereocenters. The van der Waals surface area contributed by atoms with Gasteiger partial charge in [0.1, 0.15) is 5.52 Å². The van der Waals surface area contributed by atoms with E-state index in [0.717, 1.165) is 5.56 Å². The highest BCUT2D eigenvalue weighted by Gasteiger charge is 2.11. The first-order chi connectivity index (χ1) is 9.15. The number of anilines is 1. The molecule has 0 spiro atoms. The van der Waals surface area contributed by atoms with E-state index in [2.05, 4.69) is 19.9 Å². The van der Waals surface area contributed by atoms with Crippen LogP contribution in [0.3, 0.4) is 0 Å². The van der Waals surface area contributed by atoms with E-state index in [0.29, 0.717) is 22.7 Å². The van der Waals surface area contributed by atoms with Crippen LogP contribution in [0.2, 0.25) is 10.3 Å². The van der Waals surface area contributed by atoms with Crippen molar-refractivity contribution in [1.29, 1.82) is 0 Å². The Labute approximate surface area is 118 Å². The Morgan fingerprint density at radius 2 is 2.11 bits per heavy atom. The van der Waals surface area contributed by atoms with E-state index in [1.54, 1.807) is 29.4 Å². The molecule has 0 radical (unpaired) electrons. The second-order valence-corrected chi connectivity index (χ2v) is 4.63. The minimum absolute atomic E-state index is 0.0871. The van der Waals surface area contributed by atoms with E-state index in [9.17, 15) is 0 Å². The lowest BCUT2D eigenvalue weighted by atomic mass is 10.3.